The summed E-state index contributed by atoms with van der Waals surface area (Å²) in [6, 6.07) is 8.87. The first-order valence-corrected chi connectivity index (χ1v) is 9.26. The van der Waals surface area contributed by atoms with Gasteiger partial charge in [0, 0.05) is 6.26 Å². The number of hydrogen-bond acceptors (Lipinski definition) is 3. The maximum Gasteiger partial charge on any atom is 0.319 e. The number of sulfone groups is 1. The number of anilines is 1. The van der Waals surface area contributed by atoms with E-state index in [2.05, 4.69) is 10.6 Å². The molecule has 1 atom stereocenters. The molecule has 24 heavy (non-hydrogen) atoms. The summed E-state index contributed by atoms with van der Waals surface area (Å²) in [7, 11) is -3.41. The van der Waals surface area contributed by atoms with Crippen molar-refractivity contribution in [2.24, 2.45) is 0 Å². The lowest BCUT2D eigenvalue weighted by Crippen LogP contribution is -2.31. The second-order valence-corrected chi connectivity index (χ2v) is 7.71. The lowest BCUT2D eigenvalue weighted by molar-refractivity contribution is 0.249. The van der Waals surface area contributed by atoms with Gasteiger partial charge in [-0.25, -0.2) is 17.6 Å². The van der Waals surface area contributed by atoms with Crippen LogP contribution in [0.3, 0.4) is 0 Å². The van der Waals surface area contributed by atoms with Gasteiger partial charge >= 0.3 is 6.03 Å². The van der Waals surface area contributed by atoms with E-state index in [1.165, 1.54) is 30.3 Å². The second-order valence-electron chi connectivity index (χ2n) is 5.29. The van der Waals surface area contributed by atoms with Crippen molar-refractivity contribution < 1.29 is 17.6 Å². The molecular weight excluding hydrogens is 355 g/mol. The van der Waals surface area contributed by atoms with Crippen molar-refractivity contribution in [3.63, 3.8) is 0 Å². The van der Waals surface area contributed by atoms with Crippen LogP contribution >= 0.6 is 11.6 Å². The second kappa shape index (κ2) is 7.19. The van der Waals surface area contributed by atoms with Crippen LogP contribution in [0.5, 0.6) is 0 Å². The molecule has 0 aliphatic carbocycles. The average Bonchev–Trinajstić information content (AvgIpc) is 2.48. The largest absolute Gasteiger partial charge is 0.331 e. The molecule has 8 heteroatoms. The summed E-state index contributed by atoms with van der Waals surface area (Å²) in [5.74, 6) is -0.361. The minimum atomic E-state index is -3.41. The van der Waals surface area contributed by atoms with E-state index in [0.29, 0.717) is 0 Å². The lowest BCUT2D eigenvalue weighted by atomic mass is 10.1. The molecule has 0 bridgehead atoms. The van der Waals surface area contributed by atoms with E-state index in [4.69, 9.17) is 11.6 Å². The summed E-state index contributed by atoms with van der Waals surface area (Å²) >= 11 is 5.98. The summed E-state index contributed by atoms with van der Waals surface area (Å²) in [6.45, 7) is 1.74. The molecule has 128 valence electrons. The third kappa shape index (κ3) is 4.69. The molecule has 2 amide bonds. The molecule has 2 aromatic carbocycles. The Morgan fingerprint density at radius 3 is 2.38 bits per heavy atom. The smallest absolute Gasteiger partial charge is 0.319 e. The molecule has 0 aromatic heterocycles. The third-order valence-electron chi connectivity index (χ3n) is 3.33. The molecule has 0 saturated carbocycles. The highest BCUT2D eigenvalue weighted by Gasteiger charge is 2.14. The molecule has 0 spiro atoms. The number of carbonyl (C=O) groups is 1. The average molecular weight is 371 g/mol. The van der Waals surface area contributed by atoms with Crippen molar-refractivity contribution >= 4 is 33.2 Å². The molecule has 2 aromatic rings. The van der Waals surface area contributed by atoms with Crippen LogP contribution in [0, 0.1) is 5.82 Å². The van der Waals surface area contributed by atoms with Gasteiger partial charge in [0.25, 0.3) is 0 Å². The summed E-state index contributed by atoms with van der Waals surface area (Å²) < 4.78 is 36.1. The molecule has 0 saturated heterocycles. The summed E-state index contributed by atoms with van der Waals surface area (Å²) in [4.78, 5) is 12.1. The Bertz CT molecular complexity index is 854. The maximum absolute atomic E-state index is 12.9. The van der Waals surface area contributed by atoms with Gasteiger partial charge in [-0.15, -0.1) is 0 Å². The number of benzene rings is 2. The first-order valence-electron chi connectivity index (χ1n) is 6.99. The summed E-state index contributed by atoms with van der Waals surface area (Å²) in [5.41, 5.74) is 0.908. The van der Waals surface area contributed by atoms with Crippen molar-refractivity contribution in [2.45, 2.75) is 17.9 Å². The zero-order valence-corrected chi connectivity index (χ0v) is 14.6. The molecule has 2 rings (SSSR count). The monoisotopic (exact) mass is 370 g/mol. The number of amides is 2. The van der Waals surface area contributed by atoms with E-state index in [-0.39, 0.29) is 27.5 Å². The van der Waals surface area contributed by atoms with E-state index < -0.39 is 15.9 Å². The zero-order chi connectivity index (χ0) is 17.9. The van der Waals surface area contributed by atoms with Crippen LogP contribution in [0.1, 0.15) is 18.5 Å². The van der Waals surface area contributed by atoms with E-state index in [1.54, 1.807) is 19.1 Å². The Morgan fingerprint density at radius 2 is 1.79 bits per heavy atom. The Hall–Kier alpha value is -2.12. The molecular formula is C16H16ClFN2O3S. The highest BCUT2D eigenvalue weighted by molar-refractivity contribution is 7.90. The van der Waals surface area contributed by atoms with E-state index in [1.807, 2.05) is 0 Å². The number of halogens is 2. The highest BCUT2D eigenvalue weighted by atomic mass is 35.5. The van der Waals surface area contributed by atoms with Gasteiger partial charge in [-0.2, -0.15) is 0 Å². The maximum atomic E-state index is 12.9. The van der Waals surface area contributed by atoms with Crippen molar-refractivity contribution in [3.05, 3.63) is 58.9 Å². The van der Waals surface area contributed by atoms with Crippen LogP contribution < -0.4 is 10.6 Å². The number of rotatable bonds is 4. The normalized spacial score (nSPS) is 12.5. The van der Waals surface area contributed by atoms with Crippen molar-refractivity contribution in [1.29, 1.82) is 0 Å². The molecule has 5 nitrogen and oxygen atoms in total. The van der Waals surface area contributed by atoms with Crippen molar-refractivity contribution in [3.8, 4) is 0 Å². The molecule has 2 N–H and O–H groups in total. The summed E-state index contributed by atoms with van der Waals surface area (Å²) in [5, 5.41) is 5.40. The predicted octanol–water partition coefficient (Wildman–Crippen LogP) is 3.77. The molecule has 0 heterocycles. The minimum absolute atomic E-state index is 0.0498. The first-order chi connectivity index (χ1) is 11.2. The SMILES string of the molecule is C[C@H](NC(=O)Nc1cc(S(C)(=O)=O)ccc1Cl)c1ccc(F)cc1. The van der Waals surface area contributed by atoms with E-state index >= 15 is 0 Å². The van der Waals surface area contributed by atoms with Crippen LogP contribution in [0.2, 0.25) is 5.02 Å². The van der Waals surface area contributed by atoms with Gasteiger partial charge in [-0.05, 0) is 42.8 Å². The quantitative estimate of drug-likeness (QED) is 0.860. The van der Waals surface area contributed by atoms with E-state index in [9.17, 15) is 17.6 Å². The Labute approximate surface area is 144 Å². The van der Waals surface area contributed by atoms with Crippen LogP contribution in [-0.4, -0.2) is 20.7 Å². The van der Waals surface area contributed by atoms with Crippen molar-refractivity contribution in [1.82, 2.24) is 5.32 Å². The summed E-state index contributed by atoms with van der Waals surface area (Å²) in [6.07, 6.45) is 1.07. The highest BCUT2D eigenvalue weighted by Crippen LogP contribution is 2.25. The third-order valence-corrected chi connectivity index (χ3v) is 4.77. The standard InChI is InChI=1S/C16H16ClFN2O3S/c1-10(11-3-5-12(18)6-4-11)19-16(21)20-15-9-13(24(2,22)23)7-8-14(15)17/h3-10H,1-2H3,(H2,19,20,21)/t10-/m0/s1. The van der Waals surface area contributed by atoms with Gasteiger partial charge < -0.3 is 10.6 Å². The minimum Gasteiger partial charge on any atom is -0.331 e. The van der Waals surface area contributed by atoms with Gasteiger partial charge in [0.05, 0.1) is 21.6 Å². The van der Waals surface area contributed by atoms with Crippen LogP contribution in [0.25, 0.3) is 0 Å². The number of hydrogen-bond donors (Lipinski definition) is 2. The molecule has 0 radical (unpaired) electrons. The fourth-order valence-electron chi connectivity index (χ4n) is 2.02. The zero-order valence-electron chi connectivity index (χ0n) is 13.0. The first kappa shape index (κ1) is 18.2. The lowest BCUT2D eigenvalue weighted by Gasteiger charge is -2.16. The van der Waals surface area contributed by atoms with Gasteiger partial charge in [-0.3, -0.25) is 0 Å². The molecule has 0 aliphatic heterocycles. The fourth-order valence-corrected chi connectivity index (χ4v) is 2.83. The van der Waals surface area contributed by atoms with Crippen molar-refractivity contribution in [2.75, 3.05) is 11.6 Å². The van der Waals surface area contributed by atoms with E-state index in [0.717, 1.165) is 11.8 Å². The predicted molar refractivity (Wildman–Crippen MR) is 91.5 cm³/mol. The number of nitrogens with one attached hydrogen (secondary N) is 2. The molecule has 0 fully saturated rings. The topological polar surface area (TPSA) is 75.3 Å². The van der Waals surface area contributed by atoms with Gasteiger partial charge in [0.15, 0.2) is 9.84 Å². The Balaban J connectivity index is 2.11. The molecule has 0 aliphatic rings. The number of carbonyl (C=O) groups excluding carboxylic acids is 1. The Morgan fingerprint density at radius 1 is 1.17 bits per heavy atom. The van der Waals surface area contributed by atoms with Crippen LogP contribution in [0.15, 0.2) is 47.4 Å². The van der Waals surface area contributed by atoms with Gasteiger partial charge in [0.1, 0.15) is 5.82 Å². The van der Waals surface area contributed by atoms with Gasteiger partial charge in [0.2, 0.25) is 0 Å². The van der Waals surface area contributed by atoms with Crippen LogP contribution in [-0.2, 0) is 9.84 Å². The van der Waals surface area contributed by atoms with Gasteiger partial charge in [-0.1, -0.05) is 23.7 Å². The molecule has 0 unspecified atom stereocenters. The Kier molecular flexibility index (Phi) is 5.46. The van der Waals surface area contributed by atoms with Crippen LogP contribution in [0.4, 0.5) is 14.9 Å². The fraction of sp³-hybridized carbons (Fsp3) is 0.188. The number of urea groups is 1.